The van der Waals surface area contributed by atoms with Gasteiger partial charge in [0.2, 0.25) is 0 Å². The monoisotopic (exact) mass is 169 g/mol. The van der Waals surface area contributed by atoms with Crippen LogP contribution in [0.3, 0.4) is 0 Å². The van der Waals surface area contributed by atoms with Crippen LogP contribution < -0.4 is 11.3 Å². The largest absolute Gasteiger partial charge is 0.508 e. The van der Waals surface area contributed by atoms with Crippen LogP contribution in [0.25, 0.3) is 0 Å². The number of anilines is 1. The Morgan fingerprint density at radius 1 is 1.58 bits per heavy atom. The van der Waals surface area contributed by atoms with Gasteiger partial charge in [-0.2, -0.15) is 0 Å². The van der Waals surface area contributed by atoms with Crippen LogP contribution in [0, 0.1) is 10.1 Å². The number of nitrogens with two attached hydrogens (primary N) is 1. The van der Waals surface area contributed by atoms with Gasteiger partial charge in [-0.05, 0) is 12.1 Å². The van der Waals surface area contributed by atoms with E-state index in [-0.39, 0.29) is 17.1 Å². The van der Waals surface area contributed by atoms with Crippen molar-refractivity contribution in [2.24, 2.45) is 5.84 Å². The lowest BCUT2D eigenvalue weighted by Gasteiger charge is -2.00. The van der Waals surface area contributed by atoms with Crippen LogP contribution in [-0.2, 0) is 0 Å². The molecule has 0 aliphatic carbocycles. The molecule has 0 radical (unpaired) electrons. The van der Waals surface area contributed by atoms with Crippen LogP contribution in [-0.4, -0.2) is 10.0 Å². The molecule has 1 rings (SSSR count). The molecule has 0 aliphatic heterocycles. The molecule has 4 N–H and O–H groups in total. The Kier molecular flexibility index (Phi) is 2.11. The van der Waals surface area contributed by atoms with Crippen molar-refractivity contribution in [3.8, 4) is 5.75 Å². The molecule has 0 spiro atoms. The van der Waals surface area contributed by atoms with Gasteiger partial charge in [0.1, 0.15) is 11.4 Å². The molecule has 0 saturated heterocycles. The van der Waals surface area contributed by atoms with Crippen LogP contribution in [0.1, 0.15) is 0 Å². The third-order valence-electron chi connectivity index (χ3n) is 1.33. The molecule has 0 aromatic heterocycles. The lowest BCUT2D eigenvalue weighted by atomic mass is 10.2. The first-order valence-corrected chi connectivity index (χ1v) is 3.09. The molecule has 0 aliphatic rings. The van der Waals surface area contributed by atoms with Crippen molar-refractivity contribution in [3.05, 3.63) is 28.3 Å². The first kappa shape index (κ1) is 8.28. The van der Waals surface area contributed by atoms with Crippen molar-refractivity contribution in [2.45, 2.75) is 0 Å². The summed E-state index contributed by atoms with van der Waals surface area (Å²) in [5.41, 5.74) is 2.06. The topological polar surface area (TPSA) is 101 Å². The Labute approximate surface area is 67.7 Å². The molecule has 0 unspecified atom stereocenters. The van der Waals surface area contributed by atoms with Crippen LogP contribution in [0.5, 0.6) is 5.75 Å². The standard InChI is InChI=1S/C6H7N3O3/c7-8-5-2-1-4(10)3-6(5)9(11)12/h1-3,8,10H,7H2. The van der Waals surface area contributed by atoms with E-state index in [1.807, 2.05) is 0 Å². The summed E-state index contributed by atoms with van der Waals surface area (Å²) < 4.78 is 0. The Bertz CT molecular complexity index is 313. The first-order valence-electron chi connectivity index (χ1n) is 3.09. The molecular weight excluding hydrogens is 162 g/mol. The molecule has 0 amide bonds. The molecule has 64 valence electrons. The minimum absolute atomic E-state index is 0.165. The van der Waals surface area contributed by atoms with Crippen molar-refractivity contribution in [1.29, 1.82) is 0 Å². The molecule has 12 heavy (non-hydrogen) atoms. The zero-order valence-electron chi connectivity index (χ0n) is 6.02. The Balaban J connectivity index is 3.21. The van der Waals surface area contributed by atoms with Crippen LogP contribution in [0.4, 0.5) is 11.4 Å². The highest BCUT2D eigenvalue weighted by Crippen LogP contribution is 2.27. The summed E-state index contributed by atoms with van der Waals surface area (Å²) in [6.07, 6.45) is 0. The third kappa shape index (κ3) is 1.43. The zero-order valence-corrected chi connectivity index (χ0v) is 6.02. The van der Waals surface area contributed by atoms with Gasteiger partial charge in [0.15, 0.2) is 0 Å². The second kappa shape index (κ2) is 3.05. The summed E-state index contributed by atoms with van der Waals surface area (Å²) in [6.45, 7) is 0. The minimum atomic E-state index is -0.630. The fourth-order valence-electron chi connectivity index (χ4n) is 0.793. The molecular formula is C6H7N3O3. The number of hydrogen-bond donors (Lipinski definition) is 3. The highest BCUT2D eigenvalue weighted by Gasteiger charge is 2.12. The summed E-state index contributed by atoms with van der Waals surface area (Å²) >= 11 is 0. The van der Waals surface area contributed by atoms with E-state index in [1.54, 1.807) is 0 Å². The average molecular weight is 169 g/mol. The predicted octanol–water partition coefficient (Wildman–Crippen LogP) is 0.586. The quantitative estimate of drug-likeness (QED) is 0.260. The SMILES string of the molecule is NNc1ccc(O)cc1[N+](=O)[O-]. The molecule has 6 heteroatoms. The van der Waals surface area contributed by atoms with Crippen LogP contribution in [0.15, 0.2) is 18.2 Å². The van der Waals surface area contributed by atoms with Crippen molar-refractivity contribution in [3.63, 3.8) is 0 Å². The summed E-state index contributed by atoms with van der Waals surface area (Å²) in [6, 6.07) is 3.66. The van der Waals surface area contributed by atoms with Gasteiger partial charge < -0.3 is 10.5 Å². The van der Waals surface area contributed by atoms with Crippen LogP contribution >= 0.6 is 0 Å². The maximum absolute atomic E-state index is 10.3. The van der Waals surface area contributed by atoms with Gasteiger partial charge in [-0.25, -0.2) is 0 Å². The second-order valence-electron chi connectivity index (χ2n) is 2.10. The summed E-state index contributed by atoms with van der Waals surface area (Å²) in [5.74, 6) is 4.84. The first-order chi connectivity index (χ1) is 5.65. The molecule has 1 aromatic rings. The van der Waals surface area contributed by atoms with E-state index in [9.17, 15) is 10.1 Å². The second-order valence-corrected chi connectivity index (χ2v) is 2.10. The number of nitro benzene ring substituents is 1. The minimum Gasteiger partial charge on any atom is -0.508 e. The van der Waals surface area contributed by atoms with Gasteiger partial charge in [-0.3, -0.25) is 16.0 Å². The zero-order chi connectivity index (χ0) is 9.14. The number of aromatic hydroxyl groups is 1. The summed E-state index contributed by atoms with van der Waals surface area (Å²) in [7, 11) is 0. The maximum Gasteiger partial charge on any atom is 0.297 e. The van der Waals surface area contributed by atoms with E-state index in [1.165, 1.54) is 12.1 Å². The van der Waals surface area contributed by atoms with E-state index in [4.69, 9.17) is 10.9 Å². The van der Waals surface area contributed by atoms with Crippen molar-refractivity contribution in [2.75, 3.05) is 5.43 Å². The number of nitrogens with one attached hydrogen (secondary N) is 1. The van der Waals surface area contributed by atoms with Crippen LogP contribution in [0.2, 0.25) is 0 Å². The fourth-order valence-corrected chi connectivity index (χ4v) is 0.793. The molecule has 0 heterocycles. The molecule has 0 atom stereocenters. The normalized spacial score (nSPS) is 9.42. The Morgan fingerprint density at radius 2 is 2.25 bits per heavy atom. The number of nitrogens with zero attached hydrogens (tertiary/aromatic N) is 1. The van der Waals surface area contributed by atoms with Crippen molar-refractivity contribution >= 4 is 11.4 Å². The number of phenolic OH excluding ortho intramolecular Hbond substituents is 1. The molecule has 0 bridgehead atoms. The molecule has 1 aromatic carbocycles. The number of nitrogen functional groups attached to an aromatic ring is 1. The number of nitro groups is 1. The lowest BCUT2D eigenvalue weighted by Crippen LogP contribution is -2.08. The van der Waals surface area contributed by atoms with Gasteiger partial charge >= 0.3 is 0 Å². The third-order valence-corrected chi connectivity index (χ3v) is 1.33. The molecule has 0 saturated carbocycles. The predicted molar refractivity (Wildman–Crippen MR) is 42.6 cm³/mol. The van der Waals surface area contributed by atoms with Gasteiger partial charge in [-0.1, -0.05) is 0 Å². The summed E-state index contributed by atoms with van der Waals surface area (Å²) in [5, 5.41) is 19.2. The molecule has 0 fully saturated rings. The van der Waals surface area contributed by atoms with E-state index < -0.39 is 4.92 Å². The number of rotatable bonds is 2. The maximum atomic E-state index is 10.3. The Hall–Kier alpha value is -1.82. The number of hydrazine groups is 1. The molecule has 6 nitrogen and oxygen atoms in total. The highest BCUT2D eigenvalue weighted by molar-refractivity contribution is 5.62. The average Bonchev–Trinajstić information content (AvgIpc) is 2.04. The van der Waals surface area contributed by atoms with Crippen molar-refractivity contribution < 1.29 is 10.0 Å². The number of hydrogen-bond acceptors (Lipinski definition) is 5. The lowest BCUT2D eigenvalue weighted by molar-refractivity contribution is -0.384. The van der Waals surface area contributed by atoms with E-state index in [0.29, 0.717) is 0 Å². The van der Waals surface area contributed by atoms with Gasteiger partial charge in [0.25, 0.3) is 5.69 Å². The smallest absolute Gasteiger partial charge is 0.297 e. The number of phenols is 1. The number of benzene rings is 1. The van der Waals surface area contributed by atoms with Crippen molar-refractivity contribution in [1.82, 2.24) is 0 Å². The highest BCUT2D eigenvalue weighted by atomic mass is 16.6. The van der Waals surface area contributed by atoms with Gasteiger partial charge in [0.05, 0.1) is 11.0 Å². The Morgan fingerprint density at radius 3 is 2.75 bits per heavy atom. The van der Waals surface area contributed by atoms with E-state index in [2.05, 4.69) is 5.43 Å². The fraction of sp³-hybridized carbons (Fsp3) is 0. The van der Waals surface area contributed by atoms with Gasteiger partial charge in [-0.15, -0.1) is 0 Å². The summed E-state index contributed by atoms with van der Waals surface area (Å²) in [4.78, 5) is 9.70. The van der Waals surface area contributed by atoms with Gasteiger partial charge in [0, 0.05) is 0 Å². The van der Waals surface area contributed by atoms with E-state index in [0.717, 1.165) is 6.07 Å². The van der Waals surface area contributed by atoms with E-state index >= 15 is 0 Å².